The van der Waals surface area contributed by atoms with Gasteiger partial charge in [0.1, 0.15) is 13.2 Å². The van der Waals surface area contributed by atoms with Gasteiger partial charge in [-0.2, -0.15) is 0 Å². The van der Waals surface area contributed by atoms with E-state index in [2.05, 4.69) is 81.5 Å². The summed E-state index contributed by atoms with van der Waals surface area (Å²) in [7, 11) is 0. The topological polar surface area (TPSA) is 78.9 Å². The molecule has 0 aromatic heterocycles. The van der Waals surface area contributed by atoms with Crippen molar-refractivity contribution in [1.82, 2.24) is 0 Å². The first-order valence-corrected chi connectivity index (χ1v) is 25.8. The summed E-state index contributed by atoms with van der Waals surface area (Å²) in [6.45, 7) is 6.54. The minimum Gasteiger partial charge on any atom is -0.462 e. The molecule has 0 aliphatic carbocycles. The lowest BCUT2D eigenvalue weighted by molar-refractivity contribution is -0.167. The van der Waals surface area contributed by atoms with Crippen molar-refractivity contribution in [2.45, 2.75) is 258 Å². The quantitative estimate of drug-likeness (QED) is 0.0263. The number of allylic oxidation sites excluding steroid dienone is 10. The molecule has 6 heteroatoms. The molecule has 0 saturated carbocycles. The monoisotopic (exact) mass is 853 g/mol. The number of carbonyl (C=O) groups excluding carboxylic acids is 3. The van der Waals surface area contributed by atoms with E-state index >= 15 is 0 Å². The van der Waals surface area contributed by atoms with Gasteiger partial charge in [-0.15, -0.1) is 0 Å². The minimum absolute atomic E-state index is 0.0926. The Hall–Kier alpha value is -2.89. The minimum atomic E-state index is -0.797. The average Bonchev–Trinajstić information content (AvgIpc) is 3.26. The summed E-state index contributed by atoms with van der Waals surface area (Å²) in [6.07, 6.45) is 60.6. The lowest BCUT2D eigenvalue weighted by Gasteiger charge is -2.18. The molecule has 0 aromatic carbocycles. The number of carbonyl (C=O) groups is 3. The van der Waals surface area contributed by atoms with Crippen LogP contribution >= 0.6 is 0 Å². The average molecular weight is 853 g/mol. The highest BCUT2D eigenvalue weighted by Gasteiger charge is 2.19. The van der Waals surface area contributed by atoms with Crippen molar-refractivity contribution in [1.29, 1.82) is 0 Å². The number of rotatable bonds is 46. The largest absolute Gasteiger partial charge is 0.462 e. The van der Waals surface area contributed by atoms with Crippen LogP contribution in [0, 0.1) is 0 Å². The maximum Gasteiger partial charge on any atom is 0.306 e. The summed E-state index contributed by atoms with van der Waals surface area (Å²) < 4.78 is 16.7. The molecule has 0 fully saturated rings. The summed E-state index contributed by atoms with van der Waals surface area (Å²) in [6, 6.07) is 0. The van der Waals surface area contributed by atoms with Gasteiger partial charge in [0.15, 0.2) is 6.10 Å². The van der Waals surface area contributed by atoms with Crippen LogP contribution in [0.4, 0.5) is 0 Å². The SMILES string of the molecule is CCCCC/C=C/C/C=C/C/C=C/C/C=C/CCCC(=O)OC[C@@H](COC(=O)CCCCCCCCCCCCCCC)OC(=O)CCCCCCC/C=C/CCCCCC. The van der Waals surface area contributed by atoms with Crippen molar-refractivity contribution in [2.24, 2.45) is 0 Å². The lowest BCUT2D eigenvalue weighted by Crippen LogP contribution is -2.30. The summed E-state index contributed by atoms with van der Waals surface area (Å²) in [4.78, 5) is 37.9. The van der Waals surface area contributed by atoms with Crippen molar-refractivity contribution in [2.75, 3.05) is 13.2 Å². The second-order valence-electron chi connectivity index (χ2n) is 17.1. The van der Waals surface area contributed by atoms with Crippen LogP contribution in [-0.4, -0.2) is 37.2 Å². The van der Waals surface area contributed by atoms with Crippen LogP contribution in [0.2, 0.25) is 0 Å². The van der Waals surface area contributed by atoms with E-state index in [4.69, 9.17) is 14.2 Å². The van der Waals surface area contributed by atoms with E-state index < -0.39 is 6.10 Å². The predicted octanol–water partition coefficient (Wildman–Crippen LogP) is 16.9. The molecule has 0 saturated heterocycles. The Morgan fingerprint density at radius 1 is 0.328 bits per heavy atom. The highest BCUT2D eigenvalue weighted by atomic mass is 16.6. The lowest BCUT2D eigenvalue weighted by atomic mass is 10.0. The summed E-state index contributed by atoms with van der Waals surface area (Å²) >= 11 is 0. The van der Waals surface area contributed by atoms with Gasteiger partial charge in [-0.3, -0.25) is 14.4 Å². The molecule has 0 unspecified atom stereocenters. The molecule has 0 aliphatic heterocycles. The van der Waals surface area contributed by atoms with E-state index in [-0.39, 0.29) is 37.5 Å². The van der Waals surface area contributed by atoms with Gasteiger partial charge in [-0.1, -0.05) is 210 Å². The van der Waals surface area contributed by atoms with E-state index in [0.717, 1.165) is 77.0 Å². The molecule has 61 heavy (non-hydrogen) atoms. The van der Waals surface area contributed by atoms with Crippen molar-refractivity contribution < 1.29 is 28.6 Å². The molecular formula is C55H96O6. The molecule has 0 radical (unpaired) electrons. The normalized spacial score (nSPS) is 12.5. The molecule has 0 aromatic rings. The Morgan fingerprint density at radius 2 is 0.607 bits per heavy atom. The Morgan fingerprint density at radius 3 is 1.05 bits per heavy atom. The Bertz CT molecular complexity index is 1120. The second-order valence-corrected chi connectivity index (χ2v) is 17.1. The number of ether oxygens (including phenoxy) is 3. The van der Waals surface area contributed by atoms with Crippen molar-refractivity contribution in [3.05, 3.63) is 60.8 Å². The van der Waals surface area contributed by atoms with Crippen molar-refractivity contribution >= 4 is 17.9 Å². The van der Waals surface area contributed by atoms with Crippen LogP contribution in [0.1, 0.15) is 252 Å². The third-order valence-electron chi connectivity index (χ3n) is 11.0. The zero-order valence-corrected chi connectivity index (χ0v) is 40.2. The van der Waals surface area contributed by atoms with Gasteiger partial charge >= 0.3 is 17.9 Å². The zero-order valence-electron chi connectivity index (χ0n) is 40.2. The molecule has 0 N–H and O–H groups in total. The Labute approximate surface area is 377 Å². The number of hydrogen-bond donors (Lipinski definition) is 0. The van der Waals surface area contributed by atoms with Crippen LogP contribution in [0.15, 0.2) is 60.8 Å². The van der Waals surface area contributed by atoms with E-state index in [1.165, 1.54) is 128 Å². The molecule has 0 bridgehead atoms. The van der Waals surface area contributed by atoms with Gasteiger partial charge in [-0.05, 0) is 83.5 Å². The molecule has 0 aliphatic rings. The third-order valence-corrected chi connectivity index (χ3v) is 11.0. The highest BCUT2D eigenvalue weighted by molar-refractivity contribution is 5.71. The summed E-state index contributed by atoms with van der Waals surface area (Å²) in [5, 5.41) is 0. The van der Waals surface area contributed by atoms with Crippen molar-refractivity contribution in [3.8, 4) is 0 Å². The summed E-state index contributed by atoms with van der Waals surface area (Å²) in [5.41, 5.74) is 0. The first-order valence-electron chi connectivity index (χ1n) is 25.8. The maximum absolute atomic E-state index is 12.8. The Balaban J connectivity index is 4.46. The Kier molecular flexibility index (Phi) is 47.4. The fourth-order valence-corrected chi connectivity index (χ4v) is 7.08. The molecule has 0 spiro atoms. The fraction of sp³-hybridized carbons (Fsp3) is 0.764. The standard InChI is InChI=1S/C55H96O6/c1-4-7-10-13-16-19-22-25-26-27-28-31-33-36-39-42-45-48-54(57)60-51-52(61-55(58)49-46-43-40-37-34-30-24-21-18-15-12-9-6-3)50-59-53(56)47-44-41-38-35-32-29-23-20-17-14-11-8-5-2/h16,19,21,24-26,28,31,36,39,52H,4-15,17-18,20,22-23,27,29-30,32-35,37-38,40-51H2,1-3H3/b19-16+,24-21+,26-25+,31-28+,39-36+/t52-/m1/s1. The zero-order chi connectivity index (χ0) is 44.4. The van der Waals surface area contributed by atoms with Crippen molar-refractivity contribution in [3.63, 3.8) is 0 Å². The van der Waals surface area contributed by atoms with Gasteiger partial charge in [0.2, 0.25) is 0 Å². The fourth-order valence-electron chi connectivity index (χ4n) is 7.08. The molecule has 6 nitrogen and oxygen atoms in total. The van der Waals surface area contributed by atoms with Crippen LogP contribution < -0.4 is 0 Å². The van der Waals surface area contributed by atoms with Crippen LogP contribution in [0.25, 0.3) is 0 Å². The second kappa shape index (κ2) is 49.8. The number of unbranched alkanes of at least 4 members (excludes halogenated alkanes) is 25. The predicted molar refractivity (Wildman–Crippen MR) is 261 cm³/mol. The molecule has 0 heterocycles. The van der Waals surface area contributed by atoms with E-state index in [1.54, 1.807) is 0 Å². The van der Waals surface area contributed by atoms with Crippen LogP contribution in [0.5, 0.6) is 0 Å². The van der Waals surface area contributed by atoms with Crippen LogP contribution in [0.3, 0.4) is 0 Å². The van der Waals surface area contributed by atoms with Crippen LogP contribution in [-0.2, 0) is 28.6 Å². The maximum atomic E-state index is 12.8. The molecular weight excluding hydrogens is 757 g/mol. The van der Waals surface area contributed by atoms with Gasteiger partial charge in [0.25, 0.3) is 0 Å². The first kappa shape index (κ1) is 58.1. The third kappa shape index (κ3) is 48.0. The van der Waals surface area contributed by atoms with E-state index in [9.17, 15) is 14.4 Å². The molecule has 352 valence electrons. The first-order chi connectivity index (χ1) is 30.0. The number of esters is 3. The molecule has 0 amide bonds. The highest BCUT2D eigenvalue weighted by Crippen LogP contribution is 2.14. The molecule has 0 rings (SSSR count). The molecule has 1 atom stereocenters. The smallest absolute Gasteiger partial charge is 0.306 e. The van der Waals surface area contributed by atoms with Gasteiger partial charge in [0.05, 0.1) is 0 Å². The van der Waals surface area contributed by atoms with Gasteiger partial charge < -0.3 is 14.2 Å². The van der Waals surface area contributed by atoms with Gasteiger partial charge in [0, 0.05) is 19.3 Å². The van der Waals surface area contributed by atoms with E-state index in [0.29, 0.717) is 19.3 Å². The van der Waals surface area contributed by atoms with Gasteiger partial charge in [-0.25, -0.2) is 0 Å². The van der Waals surface area contributed by atoms with E-state index in [1.807, 2.05) is 0 Å². The number of hydrogen-bond acceptors (Lipinski definition) is 6. The summed E-state index contributed by atoms with van der Waals surface area (Å²) in [5.74, 6) is -0.956.